The van der Waals surface area contributed by atoms with Crippen LogP contribution in [0.15, 0.2) is 30.3 Å². The number of anilines is 1. The van der Waals surface area contributed by atoms with Gasteiger partial charge in [-0.15, -0.1) is 0 Å². The van der Waals surface area contributed by atoms with Gasteiger partial charge in [0.2, 0.25) is 0 Å². The van der Waals surface area contributed by atoms with E-state index in [9.17, 15) is 0 Å². The van der Waals surface area contributed by atoms with Crippen molar-refractivity contribution in [2.24, 2.45) is 0 Å². The number of unbranched alkanes of at least 4 members (excludes halogenated alkanes) is 1. The molecule has 0 radical (unpaired) electrons. The van der Waals surface area contributed by atoms with Crippen LogP contribution < -0.4 is 4.90 Å². The lowest BCUT2D eigenvalue weighted by Crippen LogP contribution is -2.29. The molecule has 0 fully saturated rings. The Morgan fingerprint density at radius 1 is 0.958 bits per heavy atom. The van der Waals surface area contributed by atoms with Gasteiger partial charge in [0.15, 0.2) is 0 Å². The van der Waals surface area contributed by atoms with Gasteiger partial charge in [0.1, 0.15) is 0 Å². The smallest absolute Gasteiger partial charge is 0.0444 e. The van der Waals surface area contributed by atoms with Crippen LogP contribution in [0.3, 0.4) is 0 Å². The van der Waals surface area contributed by atoms with Crippen molar-refractivity contribution in [3.8, 4) is 0 Å². The highest BCUT2D eigenvalue weighted by molar-refractivity contribution is 5.98. The molecule has 24 heavy (non-hydrogen) atoms. The summed E-state index contributed by atoms with van der Waals surface area (Å²) in [5, 5.41) is 2.92. The quantitative estimate of drug-likeness (QED) is 0.763. The molecule has 0 aromatic heterocycles. The van der Waals surface area contributed by atoms with Crippen LogP contribution in [0.2, 0.25) is 0 Å². The topological polar surface area (TPSA) is 9.72 Å². The number of rotatable bonds is 7. The fraction of sp³-hybridized carbons (Fsp3) is 0.524. The second-order valence-electron chi connectivity index (χ2n) is 7.37. The fourth-order valence-corrected chi connectivity index (χ4v) is 3.69. The largest absolute Gasteiger partial charge is 0.373 e. The van der Waals surface area contributed by atoms with E-state index >= 15 is 0 Å². The summed E-state index contributed by atoms with van der Waals surface area (Å²) in [7, 11) is 6.48. The van der Waals surface area contributed by atoms with Gasteiger partial charge in [-0.2, -0.15) is 0 Å². The van der Waals surface area contributed by atoms with Crippen LogP contribution in [0.1, 0.15) is 30.9 Å². The van der Waals surface area contributed by atoms with E-state index in [2.05, 4.69) is 73.1 Å². The van der Waals surface area contributed by atoms with Crippen molar-refractivity contribution < 1.29 is 0 Å². The Balaban J connectivity index is 1.91. The van der Waals surface area contributed by atoms with Crippen LogP contribution >= 0.6 is 0 Å². The van der Waals surface area contributed by atoms with Gasteiger partial charge in [0.05, 0.1) is 0 Å². The highest BCUT2D eigenvalue weighted by atomic mass is 15.2. The number of hydrogen-bond donors (Lipinski definition) is 0. The van der Waals surface area contributed by atoms with Gasteiger partial charge < -0.3 is 9.80 Å². The summed E-state index contributed by atoms with van der Waals surface area (Å²) < 4.78 is 0. The Labute approximate surface area is 146 Å². The number of nitrogens with zero attached hydrogens (tertiary/aromatic N) is 3. The molecule has 0 saturated heterocycles. The SMILES string of the molecule is CCCCN1Cc2cccc3c(N(C)CCN(C)C)ccc(c23)C1. The lowest BCUT2D eigenvalue weighted by atomic mass is 9.93. The zero-order valence-corrected chi connectivity index (χ0v) is 15.7. The highest BCUT2D eigenvalue weighted by Gasteiger charge is 2.20. The summed E-state index contributed by atoms with van der Waals surface area (Å²) >= 11 is 0. The molecule has 1 aliphatic rings. The van der Waals surface area contributed by atoms with Gasteiger partial charge in [0, 0.05) is 44.3 Å². The molecule has 1 aliphatic heterocycles. The molecule has 3 heteroatoms. The van der Waals surface area contributed by atoms with Crippen LogP contribution in [0, 0.1) is 0 Å². The van der Waals surface area contributed by atoms with Crippen LogP contribution in [-0.4, -0.2) is 50.6 Å². The van der Waals surface area contributed by atoms with E-state index in [-0.39, 0.29) is 0 Å². The Bertz CT molecular complexity index is 681. The lowest BCUT2D eigenvalue weighted by Gasteiger charge is -2.31. The number of likely N-dealkylation sites (N-methyl/N-ethyl adjacent to an activating group) is 2. The predicted octanol–water partition coefficient (Wildman–Crippen LogP) is 3.95. The van der Waals surface area contributed by atoms with Crippen LogP contribution in [0.4, 0.5) is 5.69 Å². The van der Waals surface area contributed by atoms with Crippen molar-refractivity contribution in [2.45, 2.75) is 32.9 Å². The summed E-state index contributed by atoms with van der Waals surface area (Å²) in [6, 6.07) is 11.5. The molecular formula is C21H31N3. The maximum atomic E-state index is 2.59. The average Bonchev–Trinajstić information content (AvgIpc) is 2.58. The van der Waals surface area contributed by atoms with Crippen molar-refractivity contribution in [3.63, 3.8) is 0 Å². The predicted molar refractivity (Wildman–Crippen MR) is 105 cm³/mol. The van der Waals surface area contributed by atoms with E-state index in [4.69, 9.17) is 0 Å². The highest BCUT2D eigenvalue weighted by Crippen LogP contribution is 2.35. The summed E-state index contributed by atoms with van der Waals surface area (Å²) in [6.07, 6.45) is 2.56. The molecule has 0 saturated carbocycles. The first kappa shape index (κ1) is 17.2. The monoisotopic (exact) mass is 325 g/mol. The normalized spacial score (nSPS) is 14.5. The maximum absolute atomic E-state index is 2.59. The molecule has 2 aromatic carbocycles. The molecule has 0 aliphatic carbocycles. The fourth-order valence-electron chi connectivity index (χ4n) is 3.69. The van der Waals surface area contributed by atoms with Crippen LogP contribution in [0.25, 0.3) is 10.8 Å². The first-order valence-electron chi connectivity index (χ1n) is 9.22. The van der Waals surface area contributed by atoms with Crippen LogP contribution in [0.5, 0.6) is 0 Å². The van der Waals surface area contributed by atoms with Gasteiger partial charge in [-0.25, -0.2) is 0 Å². The number of benzene rings is 2. The molecule has 0 bridgehead atoms. The average molecular weight is 326 g/mol. The molecule has 0 unspecified atom stereocenters. The van der Waals surface area contributed by atoms with E-state index in [0.29, 0.717) is 0 Å². The summed E-state index contributed by atoms with van der Waals surface area (Å²) in [6.45, 7) is 7.79. The van der Waals surface area contributed by atoms with E-state index in [0.717, 1.165) is 26.2 Å². The summed E-state index contributed by atoms with van der Waals surface area (Å²) in [5.41, 5.74) is 4.35. The standard InChI is InChI=1S/C21H31N3/c1-5-6-12-24-15-17-8-7-9-19-20(23(4)14-13-22(2)3)11-10-18(16-24)21(17)19/h7-11H,5-6,12-16H2,1-4H3. The molecule has 2 aromatic rings. The molecule has 3 nitrogen and oxygen atoms in total. The minimum atomic E-state index is 1.05. The number of hydrogen-bond acceptors (Lipinski definition) is 3. The van der Waals surface area contributed by atoms with Gasteiger partial charge >= 0.3 is 0 Å². The van der Waals surface area contributed by atoms with E-state index < -0.39 is 0 Å². The molecule has 130 valence electrons. The Kier molecular flexibility index (Phi) is 5.42. The Morgan fingerprint density at radius 3 is 2.42 bits per heavy atom. The molecule has 0 N–H and O–H groups in total. The molecule has 3 rings (SSSR count). The summed E-state index contributed by atoms with van der Waals surface area (Å²) in [5.74, 6) is 0. The second-order valence-corrected chi connectivity index (χ2v) is 7.37. The van der Waals surface area contributed by atoms with Gasteiger partial charge in [-0.05, 0) is 49.6 Å². The Morgan fingerprint density at radius 2 is 1.71 bits per heavy atom. The molecular weight excluding hydrogens is 294 g/mol. The third kappa shape index (κ3) is 3.57. The first-order valence-corrected chi connectivity index (χ1v) is 9.22. The van der Waals surface area contributed by atoms with Crippen molar-refractivity contribution in [3.05, 3.63) is 41.5 Å². The van der Waals surface area contributed by atoms with E-state index in [1.807, 2.05) is 0 Å². The minimum Gasteiger partial charge on any atom is -0.373 e. The van der Waals surface area contributed by atoms with Crippen molar-refractivity contribution in [1.82, 2.24) is 9.80 Å². The maximum Gasteiger partial charge on any atom is 0.0444 e. The van der Waals surface area contributed by atoms with Crippen molar-refractivity contribution in [2.75, 3.05) is 45.7 Å². The van der Waals surface area contributed by atoms with Gasteiger partial charge in [-0.3, -0.25) is 4.90 Å². The molecule has 0 spiro atoms. The second kappa shape index (κ2) is 7.54. The zero-order chi connectivity index (χ0) is 17.1. The molecule has 0 amide bonds. The minimum absolute atomic E-state index is 1.05. The molecule has 1 heterocycles. The first-order chi connectivity index (χ1) is 11.6. The summed E-state index contributed by atoms with van der Waals surface area (Å²) in [4.78, 5) is 7.23. The van der Waals surface area contributed by atoms with Gasteiger partial charge in [0.25, 0.3) is 0 Å². The molecule has 0 atom stereocenters. The zero-order valence-electron chi connectivity index (χ0n) is 15.7. The Hall–Kier alpha value is -1.58. The van der Waals surface area contributed by atoms with Gasteiger partial charge in [-0.1, -0.05) is 37.6 Å². The van der Waals surface area contributed by atoms with E-state index in [1.54, 1.807) is 0 Å². The third-order valence-corrected chi connectivity index (χ3v) is 5.10. The van der Waals surface area contributed by atoms with Crippen molar-refractivity contribution >= 4 is 16.5 Å². The van der Waals surface area contributed by atoms with Crippen LogP contribution in [-0.2, 0) is 13.1 Å². The third-order valence-electron chi connectivity index (χ3n) is 5.10. The van der Waals surface area contributed by atoms with E-state index in [1.165, 1.54) is 47.0 Å². The lowest BCUT2D eigenvalue weighted by molar-refractivity contribution is 0.248. The van der Waals surface area contributed by atoms with Crippen molar-refractivity contribution in [1.29, 1.82) is 0 Å².